The van der Waals surface area contributed by atoms with Crippen LogP contribution in [0, 0.1) is 5.82 Å². The summed E-state index contributed by atoms with van der Waals surface area (Å²) < 4.78 is 21.5. The predicted octanol–water partition coefficient (Wildman–Crippen LogP) is 3.91. The van der Waals surface area contributed by atoms with Gasteiger partial charge in [-0.05, 0) is 52.9 Å². The summed E-state index contributed by atoms with van der Waals surface area (Å²) in [7, 11) is 0. The van der Waals surface area contributed by atoms with Gasteiger partial charge in [-0.15, -0.1) is 15.3 Å². The van der Waals surface area contributed by atoms with Crippen LogP contribution >= 0.6 is 27.7 Å². The van der Waals surface area contributed by atoms with Crippen LogP contribution in [0.1, 0.15) is 5.89 Å². The van der Waals surface area contributed by atoms with E-state index in [4.69, 9.17) is 4.42 Å². The molecule has 0 saturated heterocycles. The second-order valence-electron chi connectivity index (χ2n) is 5.15. The smallest absolute Gasteiger partial charge is 0.247 e. The van der Waals surface area contributed by atoms with E-state index >= 15 is 0 Å². The molecular weight excluding hydrogens is 423 g/mol. The van der Waals surface area contributed by atoms with Gasteiger partial charge in [0.15, 0.2) is 0 Å². The Morgan fingerprint density at radius 3 is 2.73 bits per heavy atom. The third-order valence-electron chi connectivity index (χ3n) is 3.38. The predicted molar refractivity (Wildman–Crippen MR) is 96.1 cm³/mol. The van der Waals surface area contributed by atoms with Crippen LogP contribution in [0.4, 0.5) is 4.39 Å². The fraction of sp³-hybridized carbons (Fsp3) is 0.0625. The van der Waals surface area contributed by atoms with E-state index in [0.29, 0.717) is 28.4 Å². The monoisotopic (exact) mass is 432 g/mol. The highest BCUT2D eigenvalue weighted by Gasteiger charge is 2.13. The molecule has 2 heterocycles. The molecule has 0 aliphatic rings. The number of halogens is 2. The maximum Gasteiger partial charge on any atom is 0.247 e. The number of benzene rings is 2. The van der Waals surface area contributed by atoms with Crippen molar-refractivity contribution >= 4 is 27.7 Å². The van der Waals surface area contributed by atoms with E-state index in [0.717, 1.165) is 10.0 Å². The molecule has 0 aliphatic carbocycles. The molecule has 4 rings (SSSR count). The molecule has 130 valence electrons. The lowest BCUT2D eigenvalue weighted by atomic mass is 10.2. The van der Waals surface area contributed by atoms with Crippen LogP contribution in [-0.4, -0.2) is 30.4 Å². The number of aromatic nitrogens is 6. The first-order valence-electron chi connectivity index (χ1n) is 7.44. The zero-order chi connectivity index (χ0) is 17.9. The van der Waals surface area contributed by atoms with E-state index in [-0.39, 0.29) is 5.82 Å². The maximum absolute atomic E-state index is 13.4. The molecule has 0 saturated carbocycles. The molecule has 0 N–H and O–H groups in total. The van der Waals surface area contributed by atoms with E-state index in [1.165, 1.54) is 28.6 Å². The lowest BCUT2D eigenvalue weighted by molar-refractivity contribution is 0.528. The van der Waals surface area contributed by atoms with Gasteiger partial charge in [0.2, 0.25) is 16.9 Å². The van der Waals surface area contributed by atoms with E-state index < -0.39 is 0 Å². The molecule has 0 amide bonds. The van der Waals surface area contributed by atoms with Crippen LogP contribution in [0.25, 0.3) is 17.1 Å². The first-order chi connectivity index (χ1) is 12.7. The molecule has 0 atom stereocenters. The average Bonchev–Trinajstić information content (AvgIpc) is 3.30. The summed E-state index contributed by atoms with van der Waals surface area (Å²) in [4.78, 5) is 0. The van der Waals surface area contributed by atoms with Gasteiger partial charge in [-0.3, -0.25) is 0 Å². The molecular formula is C16H10BrFN6OS. The number of hydrogen-bond donors (Lipinski definition) is 0. The molecule has 0 aliphatic heterocycles. The topological polar surface area (TPSA) is 82.5 Å². The summed E-state index contributed by atoms with van der Waals surface area (Å²) in [6, 6.07) is 13.6. The molecule has 0 radical (unpaired) electrons. The third kappa shape index (κ3) is 3.65. The van der Waals surface area contributed by atoms with Crippen molar-refractivity contribution in [2.45, 2.75) is 10.9 Å². The summed E-state index contributed by atoms with van der Waals surface area (Å²) in [5, 5.41) is 20.1. The van der Waals surface area contributed by atoms with Crippen LogP contribution in [0.5, 0.6) is 0 Å². The zero-order valence-corrected chi connectivity index (χ0v) is 15.5. The van der Waals surface area contributed by atoms with Gasteiger partial charge in [-0.2, -0.15) is 4.68 Å². The van der Waals surface area contributed by atoms with Crippen molar-refractivity contribution in [1.82, 2.24) is 30.4 Å². The van der Waals surface area contributed by atoms with Crippen molar-refractivity contribution in [2.24, 2.45) is 0 Å². The molecule has 2 aromatic heterocycles. The summed E-state index contributed by atoms with van der Waals surface area (Å²) >= 11 is 4.71. The lowest BCUT2D eigenvalue weighted by Gasteiger charge is -2.02. The normalized spacial score (nSPS) is 11.0. The minimum absolute atomic E-state index is 0.356. The Kier molecular flexibility index (Phi) is 4.76. The Morgan fingerprint density at radius 1 is 1.08 bits per heavy atom. The van der Waals surface area contributed by atoms with E-state index in [2.05, 4.69) is 41.7 Å². The Balaban J connectivity index is 1.49. The highest BCUT2D eigenvalue weighted by molar-refractivity contribution is 9.10. The van der Waals surface area contributed by atoms with Crippen LogP contribution < -0.4 is 0 Å². The first-order valence-corrected chi connectivity index (χ1v) is 9.22. The van der Waals surface area contributed by atoms with Crippen LogP contribution in [-0.2, 0) is 5.75 Å². The molecule has 0 spiro atoms. The minimum Gasteiger partial charge on any atom is -0.420 e. The van der Waals surface area contributed by atoms with Gasteiger partial charge in [0.1, 0.15) is 5.82 Å². The Bertz CT molecular complexity index is 1040. The van der Waals surface area contributed by atoms with Gasteiger partial charge in [0.05, 0.1) is 11.4 Å². The van der Waals surface area contributed by atoms with Crippen molar-refractivity contribution in [3.63, 3.8) is 0 Å². The van der Waals surface area contributed by atoms with Crippen molar-refractivity contribution in [3.05, 3.63) is 64.7 Å². The van der Waals surface area contributed by atoms with Gasteiger partial charge in [0.25, 0.3) is 0 Å². The first kappa shape index (κ1) is 16.9. The number of rotatable bonds is 5. The zero-order valence-electron chi connectivity index (χ0n) is 13.1. The molecule has 0 bridgehead atoms. The maximum atomic E-state index is 13.4. The van der Waals surface area contributed by atoms with E-state index in [1.807, 2.05) is 24.3 Å². The van der Waals surface area contributed by atoms with Gasteiger partial charge >= 0.3 is 0 Å². The van der Waals surface area contributed by atoms with Crippen molar-refractivity contribution < 1.29 is 8.81 Å². The SMILES string of the molecule is Fc1cccc(-n2nnnc2SCc2nnc(-c3ccc(Br)cc3)o2)c1. The quantitative estimate of drug-likeness (QED) is 0.442. The molecule has 10 heteroatoms. The number of tetrazole rings is 1. The lowest BCUT2D eigenvalue weighted by Crippen LogP contribution is -1.99. The highest BCUT2D eigenvalue weighted by atomic mass is 79.9. The van der Waals surface area contributed by atoms with Crippen molar-refractivity contribution in [3.8, 4) is 17.1 Å². The average molecular weight is 433 g/mol. The van der Waals surface area contributed by atoms with Gasteiger partial charge in [0, 0.05) is 10.0 Å². The van der Waals surface area contributed by atoms with E-state index in [1.54, 1.807) is 12.1 Å². The molecule has 0 fully saturated rings. The fourth-order valence-electron chi connectivity index (χ4n) is 2.19. The van der Waals surface area contributed by atoms with Crippen molar-refractivity contribution in [2.75, 3.05) is 0 Å². The minimum atomic E-state index is -0.356. The number of nitrogens with zero attached hydrogens (tertiary/aromatic N) is 6. The third-order valence-corrected chi connectivity index (χ3v) is 4.81. The Labute approximate surface area is 159 Å². The van der Waals surface area contributed by atoms with Crippen molar-refractivity contribution in [1.29, 1.82) is 0 Å². The van der Waals surface area contributed by atoms with Gasteiger partial charge in [-0.25, -0.2) is 4.39 Å². The second-order valence-corrected chi connectivity index (χ2v) is 7.01. The van der Waals surface area contributed by atoms with Crippen LogP contribution in [0.3, 0.4) is 0 Å². The van der Waals surface area contributed by atoms with E-state index in [9.17, 15) is 4.39 Å². The Hall–Kier alpha value is -2.59. The van der Waals surface area contributed by atoms with Gasteiger partial charge < -0.3 is 4.42 Å². The fourth-order valence-corrected chi connectivity index (χ4v) is 3.18. The second kappa shape index (κ2) is 7.34. The number of hydrogen-bond acceptors (Lipinski definition) is 7. The molecule has 7 nitrogen and oxygen atoms in total. The Morgan fingerprint density at radius 2 is 1.92 bits per heavy atom. The summed E-state index contributed by atoms with van der Waals surface area (Å²) in [6.07, 6.45) is 0. The van der Waals surface area contributed by atoms with Crippen LogP contribution in [0.15, 0.2) is 62.6 Å². The number of thioether (sulfide) groups is 1. The van der Waals surface area contributed by atoms with Crippen LogP contribution in [0.2, 0.25) is 0 Å². The molecule has 4 aromatic rings. The molecule has 0 unspecified atom stereocenters. The molecule has 2 aromatic carbocycles. The molecule has 26 heavy (non-hydrogen) atoms. The summed E-state index contributed by atoms with van der Waals surface area (Å²) in [6.45, 7) is 0. The van der Waals surface area contributed by atoms with Gasteiger partial charge in [-0.1, -0.05) is 33.8 Å². The highest BCUT2D eigenvalue weighted by Crippen LogP contribution is 2.25. The summed E-state index contributed by atoms with van der Waals surface area (Å²) in [5.74, 6) is 0.920. The summed E-state index contributed by atoms with van der Waals surface area (Å²) in [5.41, 5.74) is 1.38. The largest absolute Gasteiger partial charge is 0.420 e. The standard InChI is InChI=1S/C16H10BrFN6OS/c17-11-6-4-10(5-7-11)15-20-19-14(25-15)9-26-16-21-22-23-24(16)13-3-1-2-12(18)8-13/h1-8H,9H2.